The van der Waals surface area contributed by atoms with Crippen LogP contribution in [0, 0.1) is 38.5 Å². The number of terminal acetylenes is 2. The summed E-state index contributed by atoms with van der Waals surface area (Å²) in [4.78, 5) is 27.3. The van der Waals surface area contributed by atoms with Crippen LogP contribution in [-0.4, -0.2) is 71.6 Å². The average Bonchev–Trinajstić information content (AvgIpc) is 3.25. The third-order valence-electron chi connectivity index (χ3n) is 10.4. The fraction of sp³-hybridized carbons (Fsp3) is 0.224. The molecule has 0 aliphatic rings. The number of rotatable bonds is 16. The molecule has 6 aromatic carbocycles. The third-order valence-corrected chi connectivity index (χ3v) is 13.5. The Morgan fingerprint density at radius 3 is 1.32 bits per heavy atom. The van der Waals surface area contributed by atoms with Gasteiger partial charge in [-0.25, -0.2) is 16.8 Å². The summed E-state index contributed by atoms with van der Waals surface area (Å²) in [7, 11) is -6.20. The van der Waals surface area contributed by atoms with Gasteiger partial charge in [-0.05, 0) is 75.2 Å². The van der Waals surface area contributed by atoms with Gasteiger partial charge in [0.1, 0.15) is 0 Å². The minimum absolute atomic E-state index is 0. The predicted octanol–water partition coefficient (Wildman–Crippen LogP) is 5.42. The van der Waals surface area contributed by atoms with Gasteiger partial charge in [-0.15, -0.1) is 12.8 Å². The van der Waals surface area contributed by atoms with Gasteiger partial charge in [-0.3, -0.25) is 19.0 Å². The van der Waals surface area contributed by atoms with Crippen LogP contribution in [0.1, 0.15) is 37.8 Å². The summed E-state index contributed by atoms with van der Waals surface area (Å²) in [5, 5.41) is 12.2. The number of carboxylic acids is 1. The molecule has 0 saturated heterocycles. The van der Waals surface area contributed by atoms with E-state index in [-0.39, 0.29) is 78.1 Å². The first-order chi connectivity index (χ1) is 30.0. The molecule has 0 heterocycles. The topological polar surface area (TPSA) is 192 Å². The van der Waals surface area contributed by atoms with Crippen molar-refractivity contribution in [2.45, 2.75) is 62.4 Å². The summed E-state index contributed by atoms with van der Waals surface area (Å²) in [5.41, 5.74) is 3.79. The van der Waals surface area contributed by atoms with Crippen molar-refractivity contribution in [1.82, 2.24) is 0 Å². The number of sulfonamides is 2. The largest absolute Gasteiger partial charge is 1.00 e. The van der Waals surface area contributed by atoms with Crippen LogP contribution >= 0.6 is 0 Å². The molecule has 0 aliphatic carbocycles. The smallest absolute Gasteiger partial charge is 0.870 e. The van der Waals surface area contributed by atoms with Gasteiger partial charge in [0.05, 0.1) is 54.2 Å². The van der Waals surface area contributed by atoms with E-state index in [0.717, 1.165) is 27.5 Å². The molecule has 0 spiro atoms. The molecule has 0 radical (unpaired) electrons. The van der Waals surface area contributed by atoms with Crippen LogP contribution in [0.5, 0.6) is 0 Å². The maximum Gasteiger partial charge on any atom is 1.00 e. The fourth-order valence-electron chi connectivity index (χ4n) is 7.31. The van der Waals surface area contributed by atoms with Crippen molar-refractivity contribution in [2.75, 3.05) is 39.4 Å². The van der Waals surface area contributed by atoms with Gasteiger partial charge < -0.3 is 25.1 Å². The van der Waals surface area contributed by atoms with E-state index in [0.29, 0.717) is 27.9 Å². The second kappa shape index (κ2) is 23.5. The van der Waals surface area contributed by atoms with Gasteiger partial charge in [0.15, 0.2) is 0 Å². The number of nitrogens with one attached hydrogen (secondary N) is 2. The normalized spacial score (nSPS) is 11.7. The Balaban J connectivity index is 0.000000335. The van der Waals surface area contributed by atoms with Gasteiger partial charge in [-0.2, -0.15) is 0 Å². The summed E-state index contributed by atoms with van der Waals surface area (Å²) < 4.78 is 62.3. The number of methoxy groups -OCH3 is 1. The van der Waals surface area contributed by atoms with Crippen molar-refractivity contribution in [3.63, 3.8) is 0 Å². The Hall–Kier alpha value is -6.44. The zero-order valence-electron chi connectivity index (χ0n) is 37.1. The number of ether oxygens (including phenoxy) is 1. The minimum atomic E-state index is -3.78. The Bertz CT molecular complexity index is 2950. The number of carbonyl (C=O) groups excluding carboxylic acids is 1. The van der Waals surface area contributed by atoms with E-state index < -0.39 is 26.0 Å². The number of hydrogen-bond donors (Lipinski definition) is 3. The summed E-state index contributed by atoms with van der Waals surface area (Å²) in [6.45, 7) is 7.73. The molecule has 0 aliphatic heterocycles. The number of esters is 1. The summed E-state index contributed by atoms with van der Waals surface area (Å²) in [6.07, 6.45) is 11.2. The van der Waals surface area contributed by atoms with Gasteiger partial charge in [-0.1, -0.05) is 96.8 Å². The number of carboxylic acid groups (broad SMARTS) is 1. The molecular weight excluding hydrogens is 860 g/mol. The van der Waals surface area contributed by atoms with Gasteiger partial charge in [0, 0.05) is 45.0 Å². The number of carbonyl (C=O) groups is 2. The first kappa shape index (κ1) is 52.9. The maximum absolute atomic E-state index is 13.1. The molecule has 65 heavy (non-hydrogen) atoms. The number of anilines is 4. The molecular formula is C49H51LiN4O9S2. The van der Waals surface area contributed by atoms with E-state index >= 15 is 0 Å². The van der Waals surface area contributed by atoms with Crippen molar-refractivity contribution >= 4 is 76.3 Å². The molecule has 0 saturated carbocycles. The van der Waals surface area contributed by atoms with E-state index in [1.54, 1.807) is 87.5 Å². The maximum atomic E-state index is 13.1. The first-order valence-corrected chi connectivity index (χ1v) is 22.9. The van der Waals surface area contributed by atoms with Crippen molar-refractivity contribution in [2.24, 2.45) is 0 Å². The molecule has 16 heteroatoms. The predicted molar refractivity (Wildman–Crippen MR) is 254 cm³/mol. The van der Waals surface area contributed by atoms with Crippen LogP contribution in [0.2, 0.25) is 0 Å². The Morgan fingerprint density at radius 1 is 0.615 bits per heavy atom. The monoisotopic (exact) mass is 910 g/mol. The van der Waals surface area contributed by atoms with E-state index in [1.807, 2.05) is 71.3 Å². The number of benzene rings is 6. The molecule has 4 N–H and O–H groups in total. The fourth-order valence-corrected chi connectivity index (χ4v) is 9.97. The molecule has 0 bridgehead atoms. The van der Waals surface area contributed by atoms with Crippen LogP contribution in [0.25, 0.3) is 21.5 Å². The number of aryl methyl sites for hydroxylation is 2. The quantitative estimate of drug-likeness (QED) is 0.0639. The molecule has 0 unspecified atom stereocenters. The van der Waals surface area contributed by atoms with Crippen molar-refractivity contribution in [3.05, 3.63) is 132 Å². The molecule has 6 rings (SSSR count). The third kappa shape index (κ3) is 12.9. The molecule has 0 aromatic heterocycles. The SMILES string of the molecule is C#CCN(c1ccc(NS(=O)(=O)c2ccccc2C)c2ccccc12)[C@@H](C)CC(=O)O.C#CCN(c1ccc(NS(=O)(=O)c2ccccc2C)c2ccccc12)[C@@H](C)CC(=O)OC.[Li+].[OH-]. The number of aliphatic carboxylic acids is 1. The second-order valence-corrected chi connectivity index (χ2v) is 18.1. The molecule has 2 atom stereocenters. The summed E-state index contributed by atoms with van der Waals surface area (Å²) in [6, 6.07) is 34.9. The van der Waals surface area contributed by atoms with Crippen molar-refractivity contribution in [1.29, 1.82) is 0 Å². The van der Waals surface area contributed by atoms with Crippen LogP contribution in [-0.2, 0) is 34.4 Å². The zero-order valence-corrected chi connectivity index (χ0v) is 38.8. The van der Waals surface area contributed by atoms with E-state index in [9.17, 15) is 31.5 Å². The summed E-state index contributed by atoms with van der Waals surface area (Å²) >= 11 is 0. The molecule has 334 valence electrons. The zero-order chi connectivity index (χ0) is 45.9. The van der Waals surface area contributed by atoms with Crippen LogP contribution in [0.3, 0.4) is 0 Å². The van der Waals surface area contributed by atoms with Crippen LogP contribution < -0.4 is 38.1 Å². The average molecular weight is 911 g/mol. The van der Waals surface area contributed by atoms with Gasteiger partial charge >= 0.3 is 30.8 Å². The number of fused-ring (bicyclic) bond motifs is 2. The van der Waals surface area contributed by atoms with Crippen LogP contribution in [0.15, 0.2) is 131 Å². The summed E-state index contributed by atoms with van der Waals surface area (Å²) in [5.74, 6) is 3.99. The molecule has 6 aromatic rings. The molecule has 13 nitrogen and oxygen atoms in total. The molecule has 0 fully saturated rings. The Labute approximate surface area is 393 Å². The van der Waals surface area contributed by atoms with E-state index in [4.69, 9.17) is 17.6 Å². The minimum Gasteiger partial charge on any atom is -0.870 e. The standard InChI is InChI=1S/C25H26N2O4S.C24H24N2O4S.Li.H2O/c1-5-16-27(19(3)17-25(28)31-4)23-15-14-22(20-11-7-8-12-21(20)23)26-32(29,30)24-13-9-6-10-18(24)2;1-4-15-26(18(3)16-24(27)28)22-14-13-21(19-10-6-7-11-20(19)22)25-31(29,30)23-12-8-5-9-17(23)2;;/h1,6-15,19,26H,16-17H2,2-4H3;1,5-14,18,25H,15-16H2,2-3H3,(H,27,28);;1H2/q;;+1;/p-1/t19-;18-;;/m00../s1. The second-order valence-electron chi connectivity index (χ2n) is 14.8. The van der Waals surface area contributed by atoms with Gasteiger partial charge in [0.25, 0.3) is 20.0 Å². The number of nitrogens with zero attached hydrogens (tertiary/aromatic N) is 2. The Morgan fingerprint density at radius 2 is 0.969 bits per heavy atom. The van der Waals surface area contributed by atoms with Crippen molar-refractivity contribution in [3.8, 4) is 24.7 Å². The van der Waals surface area contributed by atoms with E-state index in [1.165, 1.54) is 7.11 Å². The first-order valence-electron chi connectivity index (χ1n) is 19.9. The van der Waals surface area contributed by atoms with Gasteiger partial charge in [0.2, 0.25) is 0 Å². The van der Waals surface area contributed by atoms with Crippen molar-refractivity contribution < 1.29 is 60.6 Å². The molecule has 0 amide bonds. The Kier molecular flexibility index (Phi) is 19.1. The number of hydrogen-bond acceptors (Lipinski definition) is 10. The van der Waals surface area contributed by atoms with Crippen LogP contribution in [0.4, 0.5) is 22.7 Å². The van der Waals surface area contributed by atoms with E-state index in [2.05, 4.69) is 21.3 Å².